The molecular weight excluding hydrogens is 264 g/mol. The van der Waals surface area contributed by atoms with Crippen molar-refractivity contribution < 1.29 is 0 Å². The van der Waals surface area contributed by atoms with Crippen molar-refractivity contribution in [1.29, 1.82) is 0 Å². The lowest BCUT2D eigenvalue weighted by atomic mass is 9.43. The maximum Gasteiger partial charge on any atom is -0.0238 e. The molecule has 0 aromatic carbocycles. The molecule has 22 heavy (non-hydrogen) atoms. The normalized spacial score (nSPS) is 57.4. The summed E-state index contributed by atoms with van der Waals surface area (Å²) in [6.45, 7) is 2.74. The Kier molecular flexibility index (Phi) is 3.26. The summed E-state index contributed by atoms with van der Waals surface area (Å²) in [5, 5.41) is 0. The second kappa shape index (κ2) is 5.00. The largest absolute Gasteiger partial charge is 0.0591 e. The van der Waals surface area contributed by atoms with E-state index in [4.69, 9.17) is 0 Å². The van der Waals surface area contributed by atoms with E-state index in [-0.39, 0.29) is 0 Å². The highest BCUT2D eigenvalue weighted by Gasteiger charge is 2.61. The van der Waals surface area contributed by atoms with E-state index in [1.165, 1.54) is 12.8 Å². The summed E-state index contributed by atoms with van der Waals surface area (Å²) in [4.78, 5) is 0. The van der Waals surface area contributed by atoms with Gasteiger partial charge in [0.25, 0.3) is 0 Å². The molecule has 5 aliphatic rings. The first-order valence-corrected chi connectivity index (χ1v) is 10.7. The van der Waals surface area contributed by atoms with Crippen LogP contribution < -0.4 is 0 Å². The fourth-order valence-corrected chi connectivity index (χ4v) is 9.01. The van der Waals surface area contributed by atoms with Gasteiger partial charge in [0.1, 0.15) is 0 Å². The molecule has 5 saturated carbocycles. The Morgan fingerprint density at radius 2 is 1.36 bits per heavy atom. The molecule has 0 heterocycles. The molecule has 0 aromatic rings. The molecule has 7 atom stereocenters. The van der Waals surface area contributed by atoms with Gasteiger partial charge in [-0.2, -0.15) is 0 Å². The molecule has 124 valence electrons. The van der Waals surface area contributed by atoms with Gasteiger partial charge in [-0.25, -0.2) is 0 Å². The molecule has 0 bridgehead atoms. The average molecular weight is 301 g/mol. The van der Waals surface area contributed by atoms with Crippen LogP contribution in [0.4, 0.5) is 0 Å². The molecule has 1 spiro atoms. The average Bonchev–Trinajstić information content (AvgIpc) is 2.94. The van der Waals surface area contributed by atoms with E-state index in [1.807, 2.05) is 0 Å². The first-order valence-electron chi connectivity index (χ1n) is 10.7. The fraction of sp³-hybridized carbons (Fsp3) is 1.00. The topological polar surface area (TPSA) is 0 Å². The van der Waals surface area contributed by atoms with Gasteiger partial charge in [-0.1, -0.05) is 32.6 Å². The summed E-state index contributed by atoms with van der Waals surface area (Å²) in [5.41, 5.74) is 1.59. The van der Waals surface area contributed by atoms with Crippen LogP contribution in [-0.4, -0.2) is 0 Å². The molecule has 0 nitrogen and oxygen atoms in total. The molecule has 0 saturated heterocycles. The molecule has 0 aliphatic heterocycles. The number of hydrogen-bond acceptors (Lipinski definition) is 0. The maximum atomic E-state index is 2.74. The third-order valence-corrected chi connectivity index (χ3v) is 9.92. The highest BCUT2D eigenvalue weighted by Crippen LogP contribution is 2.70. The first kappa shape index (κ1) is 14.4. The van der Waals surface area contributed by atoms with E-state index in [2.05, 4.69) is 6.92 Å². The Hall–Kier alpha value is 0. The fourth-order valence-electron chi connectivity index (χ4n) is 9.01. The lowest BCUT2D eigenvalue weighted by Gasteiger charge is -2.61. The van der Waals surface area contributed by atoms with E-state index in [9.17, 15) is 0 Å². The summed E-state index contributed by atoms with van der Waals surface area (Å²) < 4.78 is 0. The van der Waals surface area contributed by atoms with Gasteiger partial charge in [-0.15, -0.1) is 0 Å². The van der Waals surface area contributed by atoms with Gasteiger partial charge in [0.15, 0.2) is 0 Å². The van der Waals surface area contributed by atoms with Gasteiger partial charge in [-0.3, -0.25) is 0 Å². The second-order valence-electron chi connectivity index (χ2n) is 10.2. The third-order valence-electron chi connectivity index (χ3n) is 9.92. The number of hydrogen-bond donors (Lipinski definition) is 0. The molecule has 0 radical (unpaired) electrons. The van der Waals surface area contributed by atoms with Crippen molar-refractivity contribution >= 4 is 0 Å². The summed E-state index contributed by atoms with van der Waals surface area (Å²) in [5.74, 6) is 5.64. The molecule has 0 amide bonds. The highest BCUT2D eigenvalue weighted by atomic mass is 14.7. The lowest BCUT2D eigenvalue weighted by molar-refractivity contribution is -0.123. The van der Waals surface area contributed by atoms with Crippen LogP contribution in [0.1, 0.15) is 96.8 Å². The second-order valence-corrected chi connectivity index (χ2v) is 10.2. The van der Waals surface area contributed by atoms with Gasteiger partial charge < -0.3 is 0 Å². The molecule has 5 aliphatic carbocycles. The zero-order valence-electron chi connectivity index (χ0n) is 14.8. The van der Waals surface area contributed by atoms with E-state index in [0.717, 1.165) is 40.4 Å². The highest BCUT2D eigenvalue weighted by molar-refractivity contribution is 5.10. The van der Waals surface area contributed by atoms with E-state index < -0.39 is 0 Å². The summed E-state index contributed by atoms with van der Waals surface area (Å²) >= 11 is 0. The number of fused-ring (bicyclic) bond motifs is 4. The van der Waals surface area contributed by atoms with Crippen LogP contribution in [0.5, 0.6) is 0 Å². The van der Waals surface area contributed by atoms with Crippen LogP contribution in [0.15, 0.2) is 0 Å². The minimum absolute atomic E-state index is 0.746. The van der Waals surface area contributed by atoms with Crippen LogP contribution in [0, 0.1) is 40.4 Å². The van der Waals surface area contributed by atoms with Crippen LogP contribution in [-0.2, 0) is 0 Å². The molecular formula is C22H36. The number of rotatable bonds is 0. The van der Waals surface area contributed by atoms with Crippen molar-refractivity contribution in [2.45, 2.75) is 96.8 Å². The molecule has 2 unspecified atom stereocenters. The Balaban J connectivity index is 1.47. The Bertz CT molecular complexity index is 435. The quantitative estimate of drug-likeness (QED) is 0.473. The summed E-state index contributed by atoms with van der Waals surface area (Å²) in [7, 11) is 0. The smallest absolute Gasteiger partial charge is 0.0238 e. The summed E-state index contributed by atoms with van der Waals surface area (Å²) in [6.07, 6.45) is 22.2. The Labute approximate surface area is 137 Å². The van der Waals surface area contributed by atoms with Crippen LogP contribution in [0.25, 0.3) is 0 Å². The van der Waals surface area contributed by atoms with Crippen LogP contribution in [0.3, 0.4) is 0 Å². The van der Waals surface area contributed by atoms with E-state index in [0.29, 0.717) is 0 Å². The summed E-state index contributed by atoms with van der Waals surface area (Å²) in [6, 6.07) is 0. The Morgan fingerprint density at radius 1 is 0.591 bits per heavy atom. The minimum atomic E-state index is 0.746. The zero-order chi connectivity index (χ0) is 14.8. The molecule has 5 rings (SSSR count). The third kappa shape index (κ3) is 1.76. The SMILES string of the molecule is C[C@]12CCCCC1CC[C@H]1[C@@H]3CC[C@@H]4CCCCC43CC[C@@H]12. The van der Waals surface area contributed by atoms with Gasteiger partial charge in [0.05, 0.1) is 0 Å². The van der Waals surface area contributed by atoms with Crippen LogP contribution >= 0.6 is 0 Å². The molecule has 0 heteroatoms. The maximum absolute atomic E-state index is 2.74. The standard InChI is InChI=1S/C22H36/c1-21-13-4-2-6-16(21)8-10-18-19(21)12-15-22-14-5-3-7-17(22)9-11-20(18)22/h16-20H,2-15H2,1H3/t16?,17-,18+,19-,20-,21-,22?/m0/s1. The van der Waals surface area contributed by atoms with Gasteiger partial charge >= 0.3 is 0 Å². The van der Waals surface area contributed by atoms with Gasteiger partial charge in [-0.05, 0) is 105 Å². The van der Waals surface area contributed by atoms with Crippen molar-refractivity contribution in [3.8, 4) is 0 Å². The lowest BCUT2D eigenvalue weighted by Crippen LogP contribution is -2.53. The predicted octanol–water partition coefficient (Wildman–Crippen LogP) is 6.59. The van der Waals surface area contributed by atoms with Crippen molar-refractivity contribution in [2.75, 3.05) is 0 Å². The van der Waals surface area contributed by atoms with Crippen molar-refractivity contribution in [2.24, 2.45) is 40.4 Å². The van der Waals surface area contributed by atoms with Crippen molar-refractivity contribution in [3.63, 3.8) is 0 Å². The van der Waals surface area contributed by atoms with Crippen LogP contribution in [0.2, 0.25) is 0 Å². The zero-order valence-corrected chi connectivity index (χ0v) is 14.8. The Morgan fingerprint density at radius 3 is 2.27 bits per heavy atom. The molecule has 0 aromatic heterocycles. The van der Waals surface area contributed by atoms with E-state index in [1.54, 1.807) is 77.0 Å². The minimum Gasteiger partial charge on any atom is -0.0591 e. The predicted molar refractivity (Wildman–Crippen MR) is 92.6 cm³/mol. The monoisotopic (exact) mass is 300 g/mol. The van der Waals surface area contributed by atoms with Gasteiger partial charge in [0.2, 0.25) is 0 Å². The van der Waals surface area contributed by atoms with E-state index >= 15 is 0 Å². The first-order chi connectivity index (χ1) is 10.7. The molecule has 0 N–H and O–H groups in total. The molecule has 5 fully saturated rings. The van der Waals surface area contributed by atoms with Gasteiger partial charge in [0, 0.05) is 0 Å². The van der Waals surface area contributed by atoms with Crippen molar-refractivity contribution in [3.05, 3.63) is 0 Å². The van der Waals surface area contributed by atoms with Crippen molar-refractivity contribution in [1.82, 2.24) is 0 Å².